The summed E-state index contributed by atoms with van der Waals surface area (Å²) in [4.78, 5) is 14.9. The maximum Gasteiger partial charge on any atom is 0.284 e. The summed E-state index contributed by atoms with van der Waals surface area (Å²) < 4.78 is 4.84. The van der Waals surface area contributed by atoms with Gasteiger partial charge in [0.1, 0.15) is 10.7 Å². The van der Waals surface area contributed by atoms with Crippen LogP contribution in [-0.2, 0) is 11.3 Å². The lowest BCUT2D eigenvalue weighted by molar-refractivity contribution is 0.0948. The number of carbonyl (C=O) groups excluding carboxylic acids is 1. The Hall–Kier alpha value is -0.980. The van der Waals surface area contributed by atoms with E-state index in [1.54, 1.807) is 12.5 Å². The molecule has 0 saturated heterocycles. The van der Waals surface area contributed by atoms with E-state index in [1.165, 1.54) is 11.3 Å². The number of hydrazine groups is 1. The second-order valence-electron chi connectivity index (χ2n) is 2.03. The summed E-state index contributed by atoms with van der Waals surface area (Å²) in [6.45, 7) is 0.419. The first kappa shape index (κ1) is 9.11. The topological polar surface area (TPSA) is 77.2 Å². The molecule has 0 aliphatic carbocycles. The van der Waals surface area contributed by atoms with Gasteiger partial charge in [-0.1, -0.05) is 0 Å². The van der Waals surface area contributed by atoms with Crippen LogP contribution >= 0.6 is 11.3 Å². The number of amides is 1. The van der Waals surface area contributed by atoms with E-state index in [1.807, 2.05) is 5.43 Å². The zero-order valence-corrected chi connectivity index (χ0v) is 7.35. The minimum absolute atomic E-state index is 0.328. The monoisotopic (exact) mass is 187 g/mol. The number of nitrogens with zero attached hydrogens (tertiary/aromatic N) is 1. The van der Waals surface area contributed by atoms with Crippen molar-refractivity contribution in [2.75, 3.05) is 7.11 Å². The quantitative estimate of drug-likeness (QED) is 0.393. The third kappa shape index (κ3) is 2.00. The Morgan fingerprint density at radius 3 is 3.25 bits per heavy atom. The number of methoxy groups -OCH3 is 1. The first-order valence-corrected chi connectivity index (χ1v) is 4.10. The van der Waals surface area contributed by atoms with Crippen molar-refractivity contribution >= 4 is 17.2 Å². The lowest BCUT2D eigenvalue weighted by Gasteiger charge is -1.92. The van der Waals surface area contributed by atoms with Crippen LogP contribution in [0.5, 0.6) is 0 Å². The molecule has 0 fully saturated rings. The number of ether oxygens (including phenoxy) is 1. The number of nitrogens with one attached hydrogen (secondary N) is 1. The van der Waals surface area contributed by atoms with E-state index in [0.717, 1.165) is 5.01 Å². The normalized spacial score (nSPS) is 9.83. The number of hydrogen-bond donors (Lipinski definition) is 2. The first-order valence-electron chi connectivity index (χ1n) is 3.22. The fourth-order valence-electron chi connectivity index (χ4n) is 0.679. The van der Waals surface area contributed by atoms with Crippen LogP contribution in [0.4, 0.5) is 0 Å². The first-order chi connectivity index (χ1) is 5.77. The van der Waals surface area contributed by atoms with Gasteiger partial charge in [0.05, 0.1) is 6.61 Å². The maximum absolute atomic E-state index is 10.9. The maximum atomic E-state index is 10.9. The highest BCUT2D eigenvalue weighted by atomic mass is 32.1. The molecule has 0 aromatic carbocycles. The van der Waals surface area contributed by atoms with E-state index in [-0.39, 0.29) is 5.91 Å². The lowest BCUT2D eigenvalue weighted by Crippen LogP contribution is -2.30. The Morgan fingerprint density at radius 2 is 2.67 bits per heavy atom. The van der Waals surface area contributed by atoms with Gasteiger partial charge < -0.3 is 4.74 Å². The van der Waals surface area contributed by atoms with Crippen LogP contribution in [0.25, 0.3) is 0 Å². The van der Waals surface area contributed by atoms with Gasteiger partial charge in [-0.05, 0) is 0 Å². The summed E-state index contributed by atoms with van der Waals surface area (Å²) in [6.07, 6.45) is 0. The molecule has 12 heavy (non-hydrogen) atoms. The fraction of sp³-hybridized carbons (Fsp3) is 0.333. The molecule has 0 aliphatic rings. The SMILES string of the molecule is COCc1nc(C(=O)NN)cs1. The Bertz CT molecular complexity index is 274. The predicted octanol–water partition coefficient (Wildman–Crippen LogP) is -0.107. The second-order valence-corrected chi connectivity index (χ2v) is 2.98. The molecule has 0 spiro atoms. The molecule has 0 atom stereocenters. The van der Waals surface area contributed by atoms with Crippen molar-refractivity contribution in [1.29, 1.82) is 0 Å². The molecule has 1 heterocycles. The highest BCUT2D eigenvalue weighted by Crippen LogP contribution is 2.09. The van der Waals surface area contributed by atoms with E-state index in [4.69, 9.17) is 10.6 Å². The van der Waals surface area contributed by atoms with Gasteiger partial charge in [-0.15, -0.1) is 11.3 Å². The third-order valence-corrected chi connectivity index (χ3v) is 2.01. The highest BCUT2D eigenvalue weighted by molar-refractivity contribution is 7.09. The number of aromatic nitrogens is 1. The van der Waals surface area contributed by atoms with E-state index in [0.29, 0.717) is 12.3 Å². The number of hydrogen-bond acceptors (Lipinski definition) is 5. The largest absolute Gasteiger partial charge is 0.378 e. The van der Waals surface area contributed by atoms with Crippen LogP contribution in [0.15, 0.2) is 5.38 Å². The van der Waals surface area contributed by atoms with E-state index in [9.17, 15) is 4.79 Å². The zero-order valence-electron chi connectivity index (χ0n) is 6.53. The van der Waals surface area contributed by atoms with Crippen LogP contribution in [0, 0.1) is 0 Å². The second kappa shape index (κ2) is 4.15. The van der Waals surface area contributed by atoms with Gasteiger partial charge in [0.15, 0.2) is 0 Å². The summed E-state index contributed by atoms with van der Waals surface area (Å²) >= 11 is 1.37. The summed E-state index contributed by atoms with van der Waals surface area (Å²) in [6, 6.07) is 0. The molecule has 0 unspecified atom stereocenters. The van der Waals surface area contributed by atoms with E-state index in [2.05, 4.69) is 4.98 Å². The third-order valence-electron chi connectivity index (χ3n) is 1.18. The van der Waals surface area contributed by atoms with E-state index < -0.39 is 0 Å². The van der Waals surface area contributed by atoms with Crippen molar-refractivity contribution in [2.45, 2.75) is 6.61 Å². The minimum atomic E-state index is -0.381. The molecular formula is C6H9N3O2S. The van der Waals surface area contributed by atoms with Crippen LogP contribution in [0.2, 0.25) is 0 Å². The van der Waals surface area contributed by atoms with Gasteiger partial charge >= 0.3 is 0 Å². The summed E-state index contributed by atoms with van der Waals surface area (Å²) in [5.41, 5.74) is 2.33. The van der Waals surface area contributed by atoms with Gasteiger partial charge in [0.2, 0.25) is 0 Å². The van der Waals surface area contributed by atoms with Gasteiger partial charge in [-0.25, -0.2) is 10.8 Å². The molecule has 0 bridgehead atoms. The summed E-state index contributed by atoms with van der Waals surface area (Å²) in [5, 5.41) is 2.40. The average Bonchev–Trinajstić information content (AvgIpc) is 2.52. The number of nitrogen functional groups attached to an aromatic ring is 1. The molecule has 0 aliphatic heterocycles. The highest BCUT2D eigenvalue weighted by Gasteiger charge is 2.07. The Labute approximate surface area is 73.5 Å². The molecule has 66 valence electrons. The van der Waals surface area contributed by atoms with Crippen LogP contribution in [-0.4, -0.2) is 18.0 Å². The molecule has 3 N–H and O–H groups in total. The zero-order chi connectivity index (χ0) is 8.97. The van der Waals surface area contributed by atoms with Crippen molar-refractivity contribution < 1.29 is 9.53 Å². The van der Waals surface area contributed by atoms with Gasteiger partial charge in [0, 0.05) is 12.5 Å². The molecule has 0 radical (unpaired) electrons. The summed E-state index contributed by atoms with van der Waals surface area (Å²) in [7, 11) is 1.57. The average molecular weight is 187 g/mol. The molecule has 1 aromatic rings. The van der Waals surface area contributed by atoms with Gasteiger partial charge in [0.25, 0.3) is 5.91 Å². The number of carbonyl (C=O) groups is 1. The molecule has 1 aromatic heterocycles. The van der Waals surface area contributed by atoms with Crippen molar-refractivity contribution in [3.8, 4) is 0 Å². The Morgan fingerprint density at radius 1 is 1.92 bits per heavy atom. The molecule has 0 saturated carbocycles. The fourth-order valence-corrected chi connectivity index (χ4v) is 1.42. The molecule has 1 rings (SSSR count). The smallest absolute Gasteiger partial charge is 0.284 e. The molecule has 5 nitrogen and oxygen atoms in total. The van der Waals surface area contributed by atoms with Crippen molar-refractivity contribution in [3.05, 3.63) is 16.1 Å². The van der Waals surface area contributed by atoms with Crippen molar-refractivity contribution in [3.63, 3.8) is 0 Å². The Balaban J connectivity index is 2.70. The van der Waals surface area contributed by atoms with Crippen molar-refractivity contribution in [2.24, 2.45) is 5.84 Å². The van der Waals surface area contributed by atoms with Crippen LogP contribution in [0.3, 0.4) is 0 Å². The number of thiazole rings is 1. The van der Waals surface area contributed by atoms with Gasteiger partial charge in [-0.3, -0.25) is 10.2 Å². The Kier molecular flexibility index (Phi) is 3.15. The lowest BCUT2D eigenvalue weighted by atomic mass is 10.5. The molecule has 6 heteroatoms. The standard InChI is InChI=1S/C6H9N3O2S/c1-11-2-5-8-4(3-12-5)6(10)9-7/h3H,2,7H2,1H3,(H,9,10). The van der Waals surface area contributed by atoms with Crippen molar-refractivity contribution in [1.82, 2.24) is 10.4 Å². The van der Waals surface area contributed by atoms with E-state index >= 15 is 0 Å². The minimum Gasteiger partial charge on any atom is -0.378 e. The number of rotatable bonds is 3. The summed E-state index contributed by atoms with van der Waals surface area (Å²) in [5.74, 6) is 4.54. The van der Waals surface area contributed by atoms with Crippen LogP contribution < -0.4 is 11.3 Å². The molecule has 1 amide bonds. The molecular weight excluding hydrogens is 178 g/mol. The number of nitrogens with two attached hydrogens (primary N) is 1. The predicted molar refractivity (Wildman–Crippen MR) is 44.5 cm³/mol. The van der Waals surface area contributed by atoms with Crippen LogP contribution in [0.1, 0.15) is 15.5 Å². The van der Waals surface area contributed by atoms with Gasteiger partial charge in [-0.2, -0.15) is 0 Å².